The molecule has 0 spiro atoms. The van der Waals surface area contributed by atoms with E-state index >= 15 is 0 Å². The van der Waals surface area contributed by atoms with Crippen molar-refractivity contribution in [1.29, 1.82) is 0 Å². The largest absolute Gasteiger partial charge is 0.482 e. The number of aromatic nitrogens is 1. The topological polar surface area (TPSA) is 89.4 Å². The maximum atomic E-state index is 12.1. The Hall–Kier alpha value is -3.09. The van der Waals surface area contributed by atoms with Crippen LogP contribution >= 0.6 is 0 Å². The molecule has 0 radical (unpaired) electrons. The van der Waals surface area contributed by atoms with Gasteiger partial charge in [-0.05, 0) is 24.3 Å². The number of carbonyl (C=O) groups excluding carboxylic acids is 2. The molecular weight excluding hydrogens is 286 g/mol. The molecular formula is C15H13N3O4. The second-order valence-corrected chi connectivity index (χ2v) is 4.87. The van der Waals surface area contributed by atoms with Crippen LogP contribution in [0.2, 0.25) is 0 Å². The molecule has 3 rings (SSSR count). The third-order valence-electron chi connectivity index (χ3n) is 3.24. The summed E-state index contributed by atoms with van der Waals surface area (Å²) >= 11 is 0. The fraction of sp³-hybridized carbons (Fsp3) is 0.133. The van der Waals surface area contributed by atoms with Crippen LogP contribution in [0.3, 0.4) is 0 Å². The Morgan fingerprint density at radius 3 is 2.86 bits per heavy atom. The minimum absolute atomic E-state index is 0.0218. The molecule has 0 fully saturated rings. The Bertz CT molecular complexity index is 826. The molecule has 0 unspecified atom stereocenters. The molecule has 1 aliphatic heterocycles. The van der Waals surface area contributed by atoms with Crippen LogP contribution in [0.1, 0.15) is 10.4 Å². The van der Waals surface area contributed by atoms with Crippen LogP contribution in [-0.4, -0.2) is 23.0 Å². The molecule has 112 valence electrons. The van der Waals surface area contributed by atoms with E-state index in [1.54, 1.807) is 31.3 Å². The van der Waals surface area contributed by atoms with E-state index in [0.717, 1.165) is 0 Å². The summed E-state index contributed by atoms with van der Waals surface area (Å²) in [7, 11) is 1.61. The first-order chi connectivity index (χ1) is 10.5. The minimum atomic E-state index is -0.402. The van der Waals surface area contributed by atoms with Gasteiger partial charge in [0, 0.05) is 30.6 Å². The van der Waals surface area contributed by atoms with Crippen LogP contribution in [0.25, 0.3) is 0 Å². The quantitative estimate of drug-likeness (QED) is 0.864. The summed E-state index contributed by atoms with van der Waals surface area (Å²) in [6.07, 6.45) is 1.53. The Kier molecular flexibility index (Phi) is 3.38. The highest BCUT2D eigenvalue weighted by atomic mass is 16.5. The molecule has 0 atom stereocenters. The van der Waals surface area contributed by atoms with Crippen LogP contribution < -0.4 is 20.9 Å². The van der Waals surface area contributed by atoms with Crippen molar-refractivity contribution in [2.45, 2.75) is 0 Å². The number of nitrogens with zero attached hydrogens (tertiary/aromatic N) is 1. The molecule has 0 saturated carbocycles. The normalized spacial score (nSPS) is 12.9. The van der Waals surface area contributed by atoms with Crippen LogP contribution in [-0.2, 0) is 11.8 Å². The molecule has 2 aromatic rings. The minimum Gasteiger partial charge on any atom is -0.482 e. The number of carbonyl (C=O) groups is 2. The first kappa shape index (κ1) is 13.9. The van der Waals surface area contributed by atoms with Crippen molar-refractivity contribution in [2.24, 2.45) is 7.05 Å². The van der Waals surface area contributed by atoms with Crippen LogP contribution in [0.4, 0.5) is 11.4 Å². The number of ether oxygens (including phenoxy) is 1. The monoisotopic (exact) mass is 299 g/mol. The van der Waals surface area contributed by atoms with Crippen molar-refractivity contribution in [2.75, 3.05) is 17.2 Å². The van der Waals surface area contributed by atoms with Gasteiger partial charge in [0.25, 0.3) is 17.4 Å². The van der Waals surface area contributed by atoms with Crippen molar-refractivity contribution < 1.29 is 14.3 Å². The summed E-state index contributed by atoms with van der Waals surface area (Å²) in [5, 5.41) is 5.34. The molecule has 1 aromatic heterocycles. The molecule has 7 nitrogen and oxygen atoms in total. The predicted molar refractivity (Wildman–Crippen MR) is 80.2 cm³/mol. The first-order valence-corrected chi connectivity index (χ1v) is 6.58. The standard InChI is InChI=1S/C15H13N3O4/c1-18-5-4-9(6-14(18)20)15(21)16-10-2-3-12-11(7-10)17-13(19)8-22-12/h2-7H,8H2,1H3,(H,16,21)(H,17,19). The van der Waals surface area contributed by atoms with E-state index in [9.17, 15) is 14.4 Å². The fourth-order valence-corrected chi connectivity index (χ4v) is 2.05. The van der Waals surface area contributed by atoms with Gasteiger partial charge >= 0.3 is 0 Å². The predicted octanol–water partition coefficient (Wildman–Crippen LogP) is 0.968. The highest BCUT2D eigenvalue weighted by molar-refractivity contribution is 6.05. The van der Waals surface area contributed by atoms with E-state index in [1.165, 1.54) is 16.8 Å². The first-order valence-electron chi connectivity index (χ1n) is 6.58. The number of hydrogen-bond acceptors (Lipinski definition) is 4. The number of aryl methyl sites for hydroxylation is 1. The molecule has 2 amide bonds. The SMILES string of the molecule is Cn1ccc(C(=O)Nc2ccc3c(c2)NC(=O)CO3)cc1=O. The highest BCUT2D eigenvalue weighted by Crippen LogP contribution is 2.30. The zero-order valence-electron chi connectivity index (χ0n) is 11.8. The van der Waals surface area contributed by atoms with Gasteiger partial charge in [-0.25, -0.2) is 0 Å². The molecule has 0 saturated heterocycles. The fourth-order valence-electron chi connectivity index (χ4n) is 2.05. The number of benzene rings is 1. The van der Waals surface area contributed by atoms with Gasteiger partial charge in [-0.15, -0.1) is 0 Å². The summed E-state index contributed by atoms with van der Waals surface area (Å²) < 4.78 is 6.62. The van der Waals surface area contributed by atoms with Gasteiger partial charge in [-0.1, -0.05) is 0 Å². The van der Waals surface area contributed by atoms with E-state index in [1.807, 2.05) is 0 Å². The van der Waals surface area contributed by atoms with Crippen molar-refractivity contribution >= 4 is 23.2 Å². The van der Waals surface area contributed by atoms with E-state index in [-0.39, 0.29) is 23.6 Å². The van der Waals surface area contributed by atoms with Gasteiger partial charge < -0.3 is 19.9 Å². The molecule has 2 N–H and O–H groups in total. The number of hydrogen-bond donors (Lipinski definition) is 2. The Balaban J connectivity index is 1.82. The van der Waals surface area contributed by atoms with Crippen molar-refractivity contribution in [3.8, 4) is 5.75 Å². The third-order valence-corrected chi connectivity index (χ3v) is 3.24. The van der Waals surface area contributed by atoms with Gasteiger partial charge in [0.1, 0.15) is 5.75 Å². The van der Waals surface area contributed by atoms with Gasteiger partial charge in [0.2, 0.25) is 0 Å². The average Bonchev–Trinajstić information content (AvgIpc) is 2.49. The lowest BCUT2D eigenvalue weighted by Crippen LogP contribution is -2.25. The van der Waals surface area contributed by atoms with E-state index in [4.69, 9.17) is 4.74 Å². The number of rotatable bonds is 2. The molecule has 0 bridgehead atoms. The lowest BCUT2D eigenvalue weighted by molar-refractivity contribution is -0.118. The second kappa shape index (κ2) is 5.36. The Morgan fingerprint density at radius 1 is 1.27 bits per heavy atom. The van der Waals surface area contributed by atoms with Gasteiger partial charge in [0.05, 0.1) is 5.69 Å². The number of fused-ring (bicyclic) bond motifs is 1. The Morgan fingerprint density at radius 2 is 2.09 bits per heavy atom. The molecule has 0 aliphatic carbocycles. The van der Waals surface area contributed by atoms with E-state index in [2.05, 4.69) is 10.6 Å². The maximum Gasteiger partial charge on any atom is 0.262 e. The maximum absolute atomic E-state index is 12.1. The smallest absolute Gasteiger partial charge is 0.262 e. The van der Waals surface area contributed by atoms with Crippen molar-refractivity contribution in [1.82, 2.24) is 4.57 Å². The highest BCUT2D eigenvalue weighted by Gasteiger charge is 2.16. The zero-order chi connectivity index (χ0) is 15.7. The van der Waals surface area contributed by atoms with Crippen LogP contribution in [0.5, 0.6) is 5.75 Å². The van der Waals surface area contributed by atoms with Crippen LogP contribution in [0.15, 0.2) is 41.3 Å². The lowest BCUT2D eigenvalue weighted by atomic mass is 10.2. The third kappa shape index (κ3) is 2.69. The van der Waals surface area contributed by atoms with Crippen molar-refractivity contribution in [3.05, 3.63) is 52.4 Å². The van der Waals surface area contributed by atoms with Crippen molar-refractivity contribution in [3.63, 3.8) is 0 Å². The molecule has 2 heterocycles. The zero-order valence-corrected chi connectivity index (χ0v) is 11.8. The molecule has 1 aliphatic rings. The summed E-state index contributed by atoms with van der Waals surface area (Å²) in [6, 6.07) is 7.74. The molecule has 7 heteroatoms. The number of amides is 2. The lowest BCUT2D eigenvalue weighted by Gasteiger charge is -2.18. The number of nitrogens with one attached hydrogen (secondary N) is 2. The summed E-state index contributed by atoms with van der Waals surface area (Å²) in [5.74, 6) is -0.102. The summed E-state index contributed by atoms with van der Waals surface area (Å²) in [4.78, 5) is 35.0. The molecule has 22 heavy (non-hydrogen) atoms. The van der Waals surface area contributed by atoms with Crippen LogP contribution in [0, 0.1) is 0 Å². The average molecular weight is 299 g/mol. The number of pyridine rings is 1. The van der Waals surface area contributed by atoms with E-state index in [0.29, 0.717) is 17.1 Å². The van der Waals surface area contributed by atoms with Gasteiger partial charge in [-0.2, -0.15) is 0 Å². The summed E-state index contributed by atoms with van der Waals surface area (Å²) in [5.41, 5.74) is 0.994. The molecule has 1 aromatic carbocycles. The van der Waals surface area contributed by atoms with Gasteiger partial charge in [-0.3, -0.25) is 14.4 Å². The summed E-state index contributed by atoms with van der Waals surface area (Å²) in [6.45, 7) is -0.0218. The second-order valence-electron chi connectivity index (χ2n) is 4.87. The Labute approximate surface area is 125 Å². The number of anilines is 2. The van der Waals surface area contributed by atoms with E-state index < -0.39 is 5.91 Å². The van der Waals surface area contributed by atoms with Gasteiger partial charge in [0.15, 0.2) is 6.61 Å².